The predicted octanol–water partition coefficient (Wildman–Crippen LogP) is 5.91. The van der Waals surface area contributed by atoms with Gasteiger partial charge in [-0.3, -0.25) is 0 Å². The maximum atomic E-state index is 5.56. The number of nitrogens with zero attached hydrogens (tertiary/aromatic N) is 1. The molecule has 0 spiro atoms. The van der Waals surface area contributed by atoms with Gasteiger partial charge >= 0.3 is 0 Å². The Labute approximate surface area is 171 Å². The monoisotopic (exact) mass is 425 g/mol. The van der Waals surface area contributed by atoms with Crippen molar-refractivity contribution >= 4 is 21.5 Å². The zero-order chi connectivity index (χ0) is 18.9. The minimum atomic E-state index is 0.201. The quantitative estimate of drug-likeness (QED) is 0.602. The summed E-state index contributed by atoms with van der Waals surface area (Å²) in [5.74, 6) is 1.63. The molecule has 1 fully saturated rings. The lowest BCUT2D eigenvalue weighted by Crippen LogP contribution is -2.51. The van der Waals surface area contributed by atoms with Crippen LogP contribution in [-0.4, -0.2) is 31.6 Å². The fraction of sp³-hybridized carbons (Fsp3) is 0.417. The Morgan fingerprint density at radius 3 is 2.81 bits per heavy atom. The zero-order valence-corrected chi connectivity index (χ0v) is 17.8. The van der Waals surface area contributed by atoms with Crippen LogP contribution in [0.2, 0.25) is 0 Å². The molecule has 0 saturated carbocycles. The molecule has 0 radical (unpaired) electrons. The van der Waals surface area contributed by atoms with Gasteiger partial charge in [0.15, 0.2) is 0 Å². The summed E-state index contributed by atoms with van der Waals surface area (Å²) in [6.45, 7) is 5.79. The number of benzene rings is 2. The number of fused-ring (bicyclic) bond motifs is 1. The lowest BCUT2D eigenvalue weighted by Gasteiger charge is -2.51. The fourth-order valence-electron chi connectivity index (χ4n) is 4.98. The van der Waals surface area contributed by atoms with Gasteiger partial charge in [-0.05, 0) is 79.2 Å². The molecule has 2 atom stereocenters. The first-order valence-corrected chi connectivity index (χ1v) is 10.8. The summed E-state index contributed by atoms with van der Waals surface area (Å²) in [5, 5.41) is 0. The van der Waals surface area contributed by atoms with Gasteiger partial charge in [0.05, 0.1) is 7.11 Å². The van der Waals surface area contributed by atoms with E-state index in [-0.39, 0.29) is 5.41 Å². The molecule has 1 saturated heterocycles. The summed E-state index contributed by atoms with van der Waals surface area (Å²) in [7, 11) is 1.77. The van der Waals surface area contributed by atoms with Gasteiger partial charge in [0.1, 0.15) is 5.75 Å². The molecule has 0 bridgehead atoms. The summed E-state index contributed by atoms with van der Waals surface area (Å²) in [5.41, 5.74) is 4.48. The van der Waals surface area contributed by atoms with Crippen LogP contribution in [0.5, 0.6) is 5.75 Å². The Morgan fingerprint density at radius 2 is 2.04 bits per heavy atom. The second kappa shape index (κ2) is 7.81. The zero-order valence-electron chi connectivity index (χ0n) is 16.2. The molecule has 0 N–H and O–H groups in total. The van der Waals surface area contributed by atoms with Crippen molar-refractivity contribution in [3.8, 4) is 5.75 Å². The summed E-state index contributed by atoms with van der Waals surface area (Å²) >= 11 is 3.64. The van der Waals surface area contributed by atoms with E-state index in [9.17, 15) is 0 Å². The van der Waals surface area contributed by atoms with Crippen LogP contribution in [0.4, 0.5) is 0 Å². The van der Waals surface area contributed by atoms with Crippen LogP contribution in [0, 0.1) is 5.92 Å². The highest BCUT2D eigenvalue weighted by Crippen LogP contribution is 2.51. The molecule has 2 unspecified atom stereocenters. The number of piperidine rings is 1. The molecular formula is C24H28BrNO. The molecular weight excluding hydrogens is 398 g/mol. The summed E-state index contributed by atoms with van der Waals surface area (Å²) in [4.78, 5) is 2.61. The van der Waals surface area contributed by atoms with Crippen molar-refractivity contribution < 1.29 is 4.74 Å². The Kier molecular flexibility index (Phi) is 5.43. The number of likely N-dealkylation sites (tertiary alicyclic amines) is 1. The van der Waals surface area contributed by atoms with Crippen LogP contribution in [0.25, 0.3) is 5.57 Å². The molecule has 1 heterocycles. The van der Waals surface area contributed by atoms with Crippen LogP contribution in [0.15, 0.2) is 59.1 Å². The molecule has 2 aromatic carbocycles. The van der Waals surface area contributed by atoms with Gasteiger partial charge < -0.3 is 9.64 Å². The number of halogens is 1. The van der Waals surface area contributed by atoms with Crippen molar-refractivity contribution in [1.82, 2.24) is 4.90 Å². The minimum Gasteiger partial charge on any atom is -0.497 e. The van der Waals surface area contributed by atoms with Gasteiger partial charge in [0.2, 0.25) is 0 Å². The largest absolute Gasteiger partial charge is 0.497 e. The normalized spacial score (nSPS) is 25.6. The predicted molar refractivity (Wildman–Crippen MR) is 116 cm³/mol. The van der Waals surface area contributed by atoms with Gasteiger partial charge in [0, 0.05) is 16.4 Å². The van der Waals surface area contributed by atoms with E-state index >= 15 is 0 Å². The Hall–Kier alpha value is -1.58. The number of rotatable bonds is 4. The maximum Gasteiger partial charge on any atom is 0.119 e. The Morgan fingerprint density at radius 1 is 1.19 bits per heavy atom. The van der Waals surface area contributed by atoms with E-state index in [0.29, 0.717) is 5.92 Å². The maximum absolute atomic E-state index is 5.56. The SMILES string of the molecule is CCN1CCC2(c3cccc(OC)c3)CC(c3cccc(Br)c3)=CCC2C1. The van der Waals surface area contributed by atoms with Crippen LogP contribution in [0.3, 0.4) is 0 Å². The van der Waals surface area contributed by atoms with Gasteiger partial charge in [-0.2, -0.15) is 0 Å². The highest BCUT2D eigenvalue weighted by atomic mass is 79.9. The average Bonchev–Trinajstić information content (AvgIpc) is 2.73. The third kappa shape index (κ3) is 3.60. The fourth-order valence-corrected chi connectivity index (χ4v) is 5.38. The molecule has 0 aromatic heterocycles. The lowest BCUT2D eigenvalue weighted by atomic mass is 9.59. The first-order valence-electron chi connectivity index (χ1n) is 9.96. The third-order valence-corrected chi connectivity index (χ3v) is 7.07. The van der Waals surface area contributed by atoms with Crippen LogP contribution in [-0.2, 0) is 5.41 Å². The molecule has 0 amide bonds. The van der Waals surface area contributed by atoms with Gasteiger partial charge in [0.25, 0.3) is 0 Å². The number of hydrogen-bond acceptors (Lipinski definition) is 2. The molecule has 2 nitrogen and oxygen atoms in total. The molecule has 3 heteroatoms. The number of allylic oxidation sites excluding steroid dienone is 2. The number of ether oxygens (including phenoxy) is 1. The van der Waals surface area contributed by atoms with E-state index in [1.165, 1.54) is 36.2 Å². The molecule has 142 valence electrons. The number of hydrogen-bond donors (Lipinski definition) is 0. The van der Waals surface area contributed by atoms with Crippen LogP contribution < -0.4 is 4.74 Å². The number of methoxy groups -OCH3 is 1. The summed E-state index contributed by atoms with van der Waals surface area (Å²) < 4.78 is 6.71. The topological polar surface area (TPSA) is 12.5 Å². The lowest BCUT2D eigenvalue weighted by molar-refractivity contribution is 0.0934. The highest BCUT2D eigenvalue weighted by molar-refractivity contribution is 9.10. The molecule has 1 aliphatic carbocycles. The second-order valence-corrected chi connectivity index (χ2v) is 8.80. The molecule has 1 aliphatic heterocycles. The van der Waals surface area contributed by atoms with Gasteiger partial charge in [-0.1, -0.05) is 53.2 Å². The highest BCUT2D eigenvalue weighted by Gasteiger charge is 2.46. The van der Waals surface area contributed by atoms with E-state index in [1.807, 2.05) is 0 Å². The van der Waals surface area contributed by atoms with Crippen molar-refractivity contribution in [3.63, 3.8) is 0 Å². The molecule has 27 heavy (non-hydrogen) atoms. The van der Waals surface area contributed by atoms with Crippen molar-refractivity contribution in [2.24, 2.45) is 5.92 Å². The summed E-state index contributed by atoms with van der Waals surface area (Å²) in [6, 6.07) is 17.6. The third-order valence-electron chi connectivity index (χ3n) is 6.58. The van der Waals surface area contributed by atoms with E-state index in [0.717, 1.165) is 29.6 Å². The van der Waals surface area contributed by atoms with Crippen molar-refractivity contribution in [3.05, 3.63) is 70.2 Å². The van der Waals surface area contributed by atoms with E-state index in [2.05, 4.69) is 82.4 Å². The summed E-state index contributed by atoms with van der Waals surface area (Å²) in [6.07, 6.45) is 5.96. The average molecular weight is 426 g/mol. The van der Waals surface area contributed by atoms with E-state index < -0.39 is 0 Å². The molecule has 4 rings (SSSR count). The molecule has 2 aromatic rings. The van der Waals surface area contributed by atoms with Gasteiger partial charge in [-0.25, -0.2) is 0 Å². The Balaban J connectivity index is 1.75. The first kappa shape index (κ1) is 18.8. The second-order valence-electron chi connectivity index (χ2n) is 7.88. The smallest absolute Gasteiger partial charge is 0.119 e. The Bertz CT molecular complexity index is 846. The first-order chi connectivity index (χ1) is 13.1. The van der Waals surface area contributed by atoms with E-state index in [1.54, 1.807) is 7.11 Å². The van der Waals surface area contributed by atoms with Crippen molar-refractivity contribution in [2.45, 2.75) is 31.6 Å². The van der Waals surface area contributed by atoms with Crippen LogP contribution in [0.1, 0.15) is 37.3 Å². The van der Waals surface area contributed by atoms with E-state index in [4.69, 9.17) is 4.74 Å². The van der Waals surface area contributed by atoms with Crippen molar-refractivity contribution in [1.29, 1.82) is 0 Å². The standard InChI is InChI=1S/C24H28BrNO/c1-3-26-13-12-24(20-7-5-9-23(15-20)27-2)16-19(10-11-21(24)17-26)18-6-4-8-22(25)14-18/h4-10,14-15,21H,3,11-13,16-17H2,1-2H3. The van der Waals surface area contributed by atoms with Crippen molar-refractivity contribution in [2.75, 3.05) is 26.7 Å². The molecule has 2 aliphatic rings. The minimum absolute atomic E-state index is 0.201. The van der Waals surface area contributed by atoms with Gasteiger partial charge in [-0.15, -0.1) is 0 Å². The van der Waals surface area contributed by atoms with Crippen LogP contribution >= 0.6 is 15.9 Å².